The van der Waals surface area contributed by atoms with E-state index in [1.54, 1.807) is 4.90 Å². The van der Waals surface area contributed by atoms with Gasteiger partial charge in [0.25, 0.3) is 0 Å². The SMILES string of the molecule is CCN(CC)c1onc(-c2c(F)cccc2Cl)c1C(=O)O. The lowest BCUT2D eigenvalue weighted by Crippen LogP contribution is -2.23. The maximum absolute atomic E-state index is 14.0. The van der Waals surface area contributed by atoms with Crippen LogP contribution < -0.4 is 4.90 Å². The van der Waals surface area contributed by atoms with Crippen molar-refractivity contribution in [3.8, 4) is 11.3 Å². The number of hydrogen-bond acceptors (Lipinski definition) is 4. The Morgan fingerprint density at radius 2 is 2.10 bits per heavy atom. The van der Waals surface area contributed by atoms with E-state index in [1.807, 2.05) is 13.8 Å². The lowest BCUT2D eigenvalue weighted by Gasteiger charge is -2.17. The number of hydrogen-bond donors (Lipinski definition) is 1. The molecule has 1 N–H and O–H groups in total. The molecule has 0 bridgehead atoms. The third kappa shape index (κ3) is 2.71. The molecule has 0 aliphatic rings. The first-order valence-corrected chi connectivity index (χ1v) is 6.81. The van der Waals surface area contributed by atoms with Gasteiger partial charge in [0.2, 0.25) is 5.88 Å². The summed E-state index contributed by atoms with van der Waals surface area (Å²) < 4.78 is 19.1. The Morgan fingerprint density at radius 3 is 2.62 bits per heavy atom. The molecule has 112 valence electrons. The maximum Gasteiger partial charge on any atom is 0.343 e. The van der Waals surface area contributed by atoms with Crippen LogP contribution in [0.15, 0.2) is 22.7 Å². The molecule has 1 aromatic heterocycles. The molecular weight excluding hydrogens is 299 g/mol. The highest BCUT2D eigenvalue weighted by Crippen LogP contribution is 2.36. The molecule has 1 heterocycles. The molecule has 1 aromatic carbocycles. The summed E-state index contributed by atoms with van der Waals surface area (Å²) in [5.41, 5.74) is -0.364. The van der Waals surface area contributed by atoms with Crippen molar-refractivity contribution in [2.75, 3.05) is 18.0 Å². The van der Waals surface area contributed by atoms with Crippen LogP contribution in [0, 0.1) is 5.82 Å². The summed E-state index contributed by atoms with van der Waals surface area (Å²) in [6.07, 6.45) is 0. The molecule has 0 saturated carbocycles. The average molecular weight is 313 g/mol. The van der Waals surface area contributed by atoms with Gasteiger partial charge in [-0.05, 0) is 26.0 Å². The van der Waals surface area contributed by atoms with E-state index in [1.165, 1.54) is 18.2 Å². The lowest BCUT2D eigenvalue weighted by molar-refractivity contribution is 0.0697. The zero-order valence-corrected chi connectivity index (χ0v) is 12.3. The van der Waals surface area contributed by atoms with Crippen LogP contribution in [0.5, 0.6) is 0 Å². The monoisotopic (exact) mass is 312 g/mol. The summed E-state index contributed by atoms with van der Waals surface area (Å²) in [6, 6.07) is 4.10. The minimum atomic E-state index is -1.24. The first-order valence-electron chi connectivity index (χ1n) is 6.43. The van der Waals surface area contributed by atoms with Gasteiger partial charge in [0, 0.05) is 13.1 Å². The van der Waals surface area contributed by atoms with Gasteiger partial charge in [0.05, 0.1) is 10.6 Å². The van der Waals surface area contributed by atoms with Crippen molar-refractivity contribution in [2.45, 2.75) is 13.8 Å². The van der Waals surface area contributed by atoms with Gasteiger partial charge in [-0.3, -0.25) is 0 Å². The van der Waals surface area contributed by atoms with Crippen LogP contribution in [0.1, 0.15) is 24.2 Å². The first kappa shape index (κ1) is 15.3. The predicted molar refractivity (Wildman–Crippen MR) is 77.4 cm³/mol. The highest BCUT2D eigenvalue weighted by molar-refractivity contribution is 6.33. The molecule has 7 heteroatoms. The minimum absolute atomic E-state index is 0.0706. The van der Waals surface area contributed by atoms with Gasteiger partial charge in [-0.15, -0.1) is 0 Å². The molecule has 0 spiro atoms. The Morgan fingerprint density at radius 1 is 1.43 bits per heavy atom. The largest absolute Gasteiger partial charge is 0.477 e. The summed E-state index contributed by atoms with van der Waals surface area (Å²) in [5.74, 6) is -1.79. The number of rotatable bonds is 5. The first-order chi connectivity index (χ1) is 10.0. The molecule has 0 aliphatic carbocycles. The molecule has 0 atom stereocenters. The van der Waals surface area contributed by atoms with E-state index < -0.39 is 11.8 Å². The van der Waals surface area contributed by atoms with E-state index in [0.29, 0.717) is 13.1 Å². The van der Waals surface area contributed by atoms with Gasteiger partial charge >= 0.3 is 5.97 Å². The third-order valence-electron chi connectivity index (χ3n) is 3.14. The van der Waals surface area contributed by atoms with Crippen molar-refractivity contribution in [3.63, 3.8) is 0 Å². The molecule has 0 amide bonds. The third-order valence-corrected chi connectivity index (χ3v) is 3.45. The Hall–Kier alpha value is -2.08. The van der Waals surface area contributed by atoms with Gasteiger partial charge < -0.3 is 14.5 Å². The van der Waals surface area contributed by atoms with E-state index in [-0.39, 0.29) is 27.7 Å². The Balaban J connectivity index is 2.68. The molecule has 0 fully saturated rings. The smallest absolute Gasteiger partial charge is 0.343 e. The second-order valence-electron chi connectivity index (χ2n) is 4.29. The van der Waals surface area contributed by atoms with Crippen LogP contribution in [0.4, 0.5) is 10.3 Å². The number of nitrogens with zero attached hydrogens (tertiary/aromatic N) is 2. The van der Waals surface area contributed by atoms with E-state index in [0.717, 1.165) is 0 Å². The van der Waals surface area contributed by atoms with Crippen LogP contribution in [-0.2, 0) is 0 Å². The van der Waals surface area contributed by atoms with Gasteiger partial charge in [0.15, 0.2) is 5.56 Å². The van der Waals surface area contributed by atoms with Gasteiger partial charge in [-0.2, -0.15) is 0 Å². The lowest BCUT2D eigenvalue weighted by atomic mass is 10.1. The fraction of sp³-hybridized carbons (Fsp3) is 0.286. The van der Waals surface area contributed by atoms with Crippen molar-refractivity contribution >= 4 is 23.5 Å². The number of carboxylic acid groups (broad SMARTS) is 1. The van der Waals surface area contributed by atoms with Crippen molar-refractivity contribution < 1.29 is 18.8 Å². The highest BCUT2D eigenvalue weighted by atomic mass is 35.5. The molecule has 5 nitrogen and oxygen atoms in total. The summed E-state index contributed by atoms with van der Waals surface area (Å²) in [4.78, 5) is 13.2. The molecular formula is C14H14ClFN2O3. The van der Waals surface area contributed by atoms with E-state index in [4.69, 9.17) is 16.1 Å². The van der Waals surface area contributed by atoms with E-state index in [2.05, 4.69) is 5.16 Å². The number of halogens is 2. The molecule has 2 rings (SSSR count). The van der Waals surface area contributed by atoms with E-state index in [9.17, 15) is 14.3 Å². The van der Waals surface area contributed by atoms with Crippen molar-refractivity contribution in [1.82, 2.24) is 5.16 Å². The zero-order chi connectivity index (χ0) is 15.6. The topological polar surface area (TPSA) is 66.6 Å². The van der Waals surface area contributed by atoms with Crippen LogP contribution in [0.25, 0.3) is 11.3 Å². The van der Waals surface area contributed by atoms with Gasteiger partial charge in [-0.25, -0.2) is 9.18 Å². The van der Waals surface area contributed by atoms with Crippen molar-refractivity contribution in [2.24, 2.45) is 0 Å². The Bertz CT molecular complexity index is 648. The number of aromatic carboxylic acids is 1. The number of aromatic nitrogens is 1. The van der Waals surface area contributed by atoms with Crippen LogP contribution in [-0.4, -0.2) is 29.3 Å². The molecule has 0 unspecified atom stereocenters. The Kier molecular flexibility index (Phi) is 4.47. The van der Waals surface area contributed by atoms with Crippen molar-refractivity contribution in [1.29, 1.82) is 0 Å². The van der Waals surface area contributed by atoms with Crippen molar-refractivity contribution in [3.05, 3.63) is 34.6 Å². The fourth-order valence-electron chi connectivity index (χ4n) is 2.10. The number of carboxylic acids is 1. The summed E-state index contributed by atoms with van der Waals surface area (Å²) >= 11 is 5.97. The van der Waals surface area contributed by atoms with E-state index >= 15 is 0 Å². The van der Waals surface area contributed by atoms with Gasteiger partial charge in [0.1, 0.15) is 11.5 Å². The molecule has 21 heavy (non-hydrogen) atoms. The molecule has 0 saturated heterocycles. The van der Waals surface area contributed by atoms with Gasteiger partial charge in [-0.1, -0.05) is 22.8 Å². The summed E-state index contributed by atoms with van der Waals surface area (Å²) in [6.45, 7) is 4.79. The second kappa shape index (κ2) is 6.13. The minimum Gasteiger partial charge on any atom is -0.477 e. The average Bonchev–Trinajstić information content (AvgIpc) is 2.85. The normalized spacial score (nSPS) is 10.7. The van der Waals surface area contributed by atoms with Crippen LogP contribution in [0.2, 0.25) is 5.02 Å². The summed E-state index contributed by atoms with van der Waals surface area (Å²) in [7, 11) is 0. The molecule has 0 radical (unpaired) electrons. The molecule has 0 aliphatic heterocycles. The summed E-state index contributed by atoms with van der Waals surface area (Å²) in [5, 5.41) is 13.2. The quantitative estimate of drug-likeness (QED) is 0.912. The standard InChI is InChI=1S/C14H14ClFN2O3/c1-3-18(4-2)13-11(14(19)20)12(17-21-13)10-8(15)6-5-7-9(10)16/h5-7H,3-4H2,1-2H3,(H,19,20). The highest BCUT2D eigenvalue weighted by Gasteiger charge is 2.29. The number of benzene rings is 1. The number of anilines is 1. The molecule has 2 aromatic rings. The van der Waals surface area contributed by atoms with Crippen LogP contribution >= 0.6 is 11.6 Å². The second-order valence-corrected chi connectivity index (χ2v) is 4.69. The Labute approximate surface area is 125 Å². The van der Waals surface area contributed by atoms with Crippen LogP contribution in [0.3, 0.4) is 0 Å². The number of carbonyl (C=O) groups is 1. The zero-order valence-electron chi connectivity index (χ0n) is 11.6. The predicted octanol–water partition coefficient (Wildman–Crippen LogP) is 3.68. The fourth-order valence-corrected chi connectivity index (χ4v) is 2.35. The maximum atomic E-state index is 14.0.